The van der Waals surface area contributed by atoms with Crippen molar-refractivity contribution in [2.45, 2.75) is 6.92 Å². The van der Waals surface area contributed by atoms with Crippen LogP contribution in [0, 0.1) is 6.92 Å². The Hall–Kier alpha value is -0.520. The van der Waals surface area contributed by atoms with E-state index in [0.29, 0.717) is 5.15 Å². The zero-order valence-electron chi connectivity index (χ0n) is 6.11. The Labute approximate surface area is 82.4 Å². The van der Waals surface area contributed by atoms with Gasteiger partial charge in [-0.3, -0.25) is 0 Å². The molecule has 0 radical (unpaired) electrons. The Kier molecular flexibility index (Phi) is 2.08. The van der Waals surface area contributed by atoms with E-state index in [2.05, 4.69) is 13.7 Å². The maximum Gasteiger partial charge on any atom is 0.171 e. The molecule has 0 bridgehead atoms. The fourth-order valence-corrected chi connectivity index (χ4v) is 2.49. The second-order valence-corrected chi connectivity index (χ2v) is 3.91. The van der Waals surface area contributed by atoms with Crippen LogP contribution in [0.3, 0.4) is 0 Å². The highest BCUT2D eigenvalue weighted by Crippen LogP contribution is 2.30. The average Bonchev–Trinajstić information content (AvgIpc) is 2.59. The van der Waals surface area contributed by atoms with Crippen LogP contribution in [0.4, 0.5) is 0 Å². The van der Waals surface area contributed by atoms with Crippen molar-refractivity contribution in [3.05, 3.63) is 16.4 Å². The lowest BCUT2D eigenvalue weighted by molar-refractivity contribution is 1.26. The molecule has 0 aliphatic rings. The first kappa shape index (κ1) is 8.10. The Morgan fingerprint density at radius 1 is 1.42 bits per heavy atom. The van der Waals surface area contributed by atoms with E-state index in [1.165, 1.54) is 11.3 Å². The van der Waals surface area contributed by atoms with Crippen molar-refractivity contribution in [3.8, 4) is 10.6 Å². The first-order valence-corrected chi connectivity index (χ1v) is 5.16. The summed E-state index contributed by atoms with van der Waals surface area (Å²) >= 11 is 8.47. The highest BCUT2D eigenvalue weighted by atomic mass is 35.5. The third-order valence-corrected chi connectivity index (χ3v) is 3.24. The Morgan fingerprint density at radius 3 is 2.75 bits per heavy atom. The lowest BCUT2D eigenvalue weighted by atomic mass is 10.3. The minimum absolute atomic E-state index is 0.465. The monoisotopic (exact) mass is 217 g/mol. The van der Waals surface area contributed by atoms with E-state index in [4.69, 9.17) is 11.6 Å². The number of halogens is 1. The van der Waals surface area contributed by atoms with Gasteiger partial charge in [-0.25, -0.2) is 4.98 Å². The molecule has 2 aromatic heterocycles. The standard InChI is InChI=1S/C6H4ClN3S2/c1-3-5(11-2-8-3)4-6(7)10-12-9-4/h2H,1H3. The normalized spacial score (nSPS) is 10.5. The summed E-state index contributed by atoms with van der Waals surface area (Å²) in [5, 5.41) is 0.465. The highest BCUT2D eigenvalue weighted by Gasteiger charge is 2.12. The minimum atomic E-state index is 0.465. The van der Waals surface area contributed by atoms with Crippen LogP contribution in [0.2, 0.25) is 5.15 Å². The molecule has 0 fully saturated rings. The third kappa shape index (κ3) is 1.24. The second-order valence-electron chi connectivity index (χ2n) is 2.17. The van der Waals surface area contributed by atoms with Crippen LogP contribution in [-0.2, 0) is 0 Å². The van der Waals surface area contributed by atoms with E-state index in [9.17, 15) is 0 Å². The molecular weight excluding hydrogens is 214 g/mol. The lowest BCUT2D eigenvalue weighted by Crippen LogP contribution is -1.77. The van der Waals surface area contributed by atoms with Crippen molar-refractivity contribution >= 4 is 34.7 Å². The van der Waals surface area contributed by atoms with Gasteiger partial charge in [-0.05, 0) is 6.92 Å². The predicted molar refractivity (Wildman–Crippen MR) is 50.8 cm³/mol. The van der Waals surface area contributed by atoms with Gasteiger partial charge in [0.05, 0.1) is 27.8 Å². The van der Waals surface area contributed by atoms with Crippen LogP contribution in [0.5, 0.6) is 0 Å². The van der Waals surface area contributed by atoms with Crippen LogP contribution in [0.15, 0.2) is 5.51 Å². The number of hydrogen-bond acceptors (Lipinski definition) is 5. The first-order valence-electron chi connectivity index (χ1n) is 3.17. The van der Waals surface area contributed by atoms with E-state index < -0.39 is 0 Å². The number of hydrogen-bond donors (Lipinski definition) is 0. The molecule has 2 rings (SSSR count). The summed E-state index contributed by atoms with van der Waals surface area (Å²) in [6.07, 6.45) is 0. The summed E-state index contributed by atoms with van der Waals surface area (Å²) in [6.45, 7) is 1.93. The zero-order valence-corrected chi connectivity index (χ0v) is 8.50. The molecule has 3 nitrogen and oxygen atoms in total. The molecule has 0 aliphatic heterocycles. The van der Waals surface area contributed by atoms with Crippen molar-refractivity contribution in [2.24, 2.45) is 0 Å². The molecule has 12 heavy (non-hydrogen) atoms. The fourth-order valence-electron chi connectivity index (χ4n) is 0.842. The van der Waals surface area contributed by atoms with Crippen molar-refractivity contribution in [2.75, 3.05) is 0 Å². The number of aromatic nitrogens is 3. The summed E-state index contributed by atoms with van der Waals surface area (Å²) in [5.74, 6) is 0. The maximum atomic E-state index is 5.82. The number of nitrogens with zero attached hydrogens (tertiary/aromatic N) is 3. The molecule has 0 amide bonds. The minimum Gasteiger partial charge on any atom is -0.249 e. The fraction of sp³-hybridized carbons (Fsp3) is 0.167. The Morgan fingerprint density at radius 2 is 2.25 bits per heavy atom. The molecule has 0 unspecified atom stereocenters. The van der Waals surface area contributed by atoms with E-state index in [1.54, 1.807) is 5.51 Å². The molecular formula is C6H4ClN3S2. The molecule has 2 aromatic rings. The van der Waals surface area contributed by atoms with Crippen LogP contribution in [0.1, 0.15) is 5.69 Å². The van der Waals surface area contributed by atoms with Gasteiger partial charge in [-0.15, -0.1) is 11.3 Å². The van der Waals surface area contributed by atoms with Gasteiger partial charge in [0.2, 0.25) is 0 Å². The van der Waals surface area contributed by atoms with Crippen molar-refractivity contribution in [3.63, 3.8) is 0 Å². The van der Waals surface area contributed by atoms with Gasteiger partial charge in [0.25, 0.3) is 0 Å². The van der Waals surface area contributed by atoms with Gasteiger partial charge in [0.15, 0.2) is 5.15 Å². The van der Waals surface area contributed by atoms with Crippen LogP contribution in [-0.4, -0.2) is 13.7 Å². The quantitative estimate of drug-likeness (QED) is 0.737. The molecule has 0 saturated carbocycles. The molecule has 0 aliphatic carbocycles. The largest absolute Gasteiger partial charge is 0.249 e. The molecule has 0 atom stereocenters. The van der Waals surface area contributed by atoms with E-state index in [0.717, 1.165) is 28.0 Å². The molecule has 0 N–H and O–H groups in total. The SMILES string of the molecule is Cc1ncsc1-c1nsnc1Cl. The number of rotatable bonds is 1. The van der Waals surface area contributed by atoms with Crippen LogP contribution in [0.25, 0.3) is 10.6 Å². The topological polar surface area (TPSA) is 38.7 Å². The van der Waals surface area contributed by atoms with E-state index in [1.807, 2.05) is 6.92 Å². The van der Waals surface area contributed by atoms with Gasteiger partial charge in [0.1, 0.15) is 5.69 Å². The van der Waals surface area contributed by atoms with Gasteiger partial charge < -0.3 is 0 Å². The van der Waals surface area contributed by atoms with Crippen LogP contribution >= 0.6 is 34.7 Å². The third-order valence-electron chi connectivity index (χ3n) is 1.41. The summed E-state index contributed by atoms with van der Waals surface area (Å²) in [5.41, 5.74) is 3.48. The van der Waals surface area contributed by atoms with Crippen molar-refractivity contribution < 1.29 is 0 Å². The number of thiazole rings is 1. The van der Waals surface area contributed by atoms with Crippen molar-refractivity contribution in [1.82, 2.24) is 13.7 Å². The van der Waals surface area contributed by atoms with E-state index in [-0.39, 0.29) is 0 Å². The van der Waals surface area contributed by atoms with Gasteiger partial charge >= 0.3 is 0 Å². The van der Waals surface area contributed by atoms with Crippen LogP contribution < -0.4 is 0 Å². The second kappa shape index (κ2) is 3.08. The highest BCUT2D eigenvalue weighted by molar-refractivity contribution is 7.13. The summed E-state index contributed by atoms with van der Waals surface area (Å²) in [7, 11) is 0. The molecule has 0 aromatic carbocycles. The Balaban J connectivity index is 2.57. The molecule has 0 spiro atoms. The summed E-state index contributed by atoms with van der Waals surface area (Å²) < 4.78 is 7.98. The lowest BCUT2D eigenvalue weighted by Gasteiger charge is -1.90. The van der Waals surface area contributed by atoms with Gasteiger partial charge in [0, 0.05) is 0 Å². The molecule has 0 saturated heterocycles. The number of aryl methyl sites for hydroxylation is 1. The Bertz CT molecular complexity index is 357. The van der Waals surface area contributed by atoms with Gasteiger partial charge in [-0.1, -0.05) is 11.6 Å². The zero-order chi connectivity index (χ0) is 8.55. The average molecular weight is 218 g/mol. The molecule has 2 heterocycles. The predicted octanol–water partition coefficient (Wildman–Crippen LogP) is 2.62. The first-order chi connectivity index (χ1) is 5.79. The summed E-state index contributed by atoms with van der Waals surface area (Å²) in [4.78, 5) is 5.12. The van der Waals surface area contributed by atoms with Crippen molar-refractivity contribution in [1.29, 1.82) is 0 Å². The smallest absolute Gasteiger partial charge is 0.171 e. The maximum absolute atomic E-state index is 5.82. The van der Waals surface area contributed by atoms with Gasteiger partial charge in [-0.2, -0.15) is 8.75 Å². The molecule has 6 heteroatoms. The van der Waals surface area contributed by atoms with E-state index >= 15 is 0 Å². The molecule has 62 valence electrons. The summed E-state index contributed by atoms with van der Waals surface area (Å²) in [6, 6.07) is 0.